The maximum Gasteiger partial charge on any atom is 0.318 e. The molecule has 2 amide bonds. The van der Waals surface area contributed by atoms with Crippen molar-refractivity contribution < 1.29 is 23.8 Å². The van der Waals surface area contributed by atoms with Gasteiger partial charge in [-0.2, -0.15) is 0 Å². The highest BCUT2D eigenvalue weighted by atomic mass is 16.5. The third kappa shape index (κ3) is 6.48. The van der Waals surface area contributed by atoms with Crippen LogP contribution in [0.1, 0.15) is 24.0 Å². The van der Waals surface area contributed by atoms with Gasteiger partial charge in [0.05, 0.1) is 20.8 Å². The molecule has 3 rings (SSSR count). The van der Waals surface area contributed by atoms with E-state index in [4.69, 9.17) is 14.2 Å². The van der Waals surface area contributed by atoms with Crippen LogP contribution in [0, 0.1) is 0 Å². The summed E-state index contributed by atoms with van der Waals surface area (Å²) in [6, 6.07) is 15.3. The van der Waals surface area contributed by atoms with Gasteiger partial charge in [0.15, 0.2) is 0 Å². The smallest absolute Gasteiger partial charge is 0.318 e. The van der Waals surface area contributed by atoms with E-state index in [0.29, 0.717) is 52.2 Å². The number of aldehydes is 1. The second-order valence-corrected chi connectivity index (χ2v) is 8.51. The molecule has 1 saturated heterocycles. The van der Waals surface area contributed by atoms with Gasteiger partial charge in [-0.25, -0.2) is 4.79 Å². The van der Waals surface area contributed by atoms with Crippen LogP contribution in [0.2, 0.25) is 0 Å². The Morgan fingerprint density at radius 2 is 1.68 bits per heavy atom. The van der Waals surface area contributed by atoms with Crippen molar-refractivity contribution in [2.75, 3.05) is 47.6 Å². The summed E-state index contributed by atoms with van der Waals surface area (Å²) in [4.78, 5) is 29.5. The van der Waals surface area contributed by atoms with Crippen molar-refractivity contribution in [2.45, 2.75) is 31.5 Å². The number of ether oxygens (including phenoxy) is 3. The zero-order valence-electron chi connectivity index (χ0n) is 20.3. The minimum absolute atomic E-state index is 0.251. The fourth-order valence-electron chi connectivity index (χ4n) is 4.34. The molecule has 2 aromatic carbocycles. The molecule has 0 radical (unpaired) electrons. The fraction of sp³-hybridized carbons (Fsp3) is 0.462. The van der Waals surface area contributed by atoms with E-state index < -0.39 is 5.54 Å². The lowest BCUT2D eigenvalue weighted by atomic mass is 9.87. The monoisotopic (exact) mass is 469 g/mol. The van der Waals surface area contributed by atoms with Crippen molar-refractivity contribution in [3.05, 3.63) is 59.7 Å². The van der Waals surface area contributed by atoms with E-state index in [2.05, 4.69) is 10.2 Å². The average molecular weight is 470 g/mol. The molecule has 8 nitrogen and oxygen atoms in total. The zero-order valence-corrected chi connectivity index (χ0v) is 20.3. The van der Waals surface area contributed by atoms with Crippen molar-refractivity contribution >= 4 is 12.3 Å². The summed E-state index contributed by atoms with van der Waals surface area (Å²) in [5, 5.41) is 2.97. The van der Waals surface area contributed by atoms with Gasteiger partial charge >= 0.3 is 6.03 Å². The number of piperidine rings is 1. The average Bonchev–Trinajstić information content (AvgIpc) is 2.89. The van der Waals surface area contributed by atoms with Crippen LogP contribution >= 0.6 is 0 Å². The molecule has 2 aromatic rings. The predicted octanol–water partition coefficient (Wildman–Crippen LogP) is 3.10. The molecule has 8 heteroatoms. The van der Waals surface area contributed by atoms with E-state index in [0.717, 1.165) is 28.9 Å². The zero-order chi connectivity index (χ0) is 24.4. The van der Waals surface area contributed by atoms with Crippen LogP contribution in [0.25, 0.3) is 0 Å². The van der Waals surface area contributed by atoms with Gasteiger partial charge in [-0.05, 0) is 36.1 Å². The molecule has 1 heterocycles. The van der Waals surface area contributed by atoms with Crippen LogP contribution in [0.5, 0.6) is 11.5 Å². The lowest BCUT2D eigenvalue weighted by Crippen LogP contribution is -2.61. The van der Waals surface area contributed by atoms with E-state index in [-0.39, 0.29) is 6.03 Å². The van der Waals surface area contributed by atoms with Crippen LogP contribution in [-0.2, 0) is 22.6 Å². The first-order valence-corrected chi connectivity index (χ1v) is 11.5. The second kappa shape index (κ2) is 12.4. The van der Waals surface area contributed by atoms with Gasteiger partial charge in [-0.1, -0.05) is 30.3 Å². The number of nitrogens with one attached hydrogen (secondary N) is 1. The Bertz CT molecular complexity index is 907. The molecule has 0 saturated carbocycles. The van der Waals surface area contributed by atoms with Gasteiger partial charge in [-0.3, -0.25) is 4.90 Å². The van der Waals surface area contributed by atoms with Crippen LogP contribution < -0.4 is 14.8 Å². The van der Waals surface area contributed by atoms with Crippen LogP contribution in [0.3, 0.4) is 0 Å². The maximum absolute atomic E-state index is 13.2. The first kappa shape index (κ1) is 25.5. The fourth-order valence-corrected chi connectivity index (χ4v) is 4.34. The molecule has 0 atom stereocenters. The molecule has 0 aromatic heterocycles. The Morgan fingerprint density at radius 3 is 2.24 bits per heavy atom. The first-order valence-electron chi connectivity index (χ1n) is 11.5. The minimum Gasteiger partial charge on any atom is -0.497 e. The molecular weight excluding hydrogens is 434 g/mol. The Balaban J connectivity index is 1.67. The topological polar surface area (TPSA) is 80.3 Å². The highest BCUT2D eigenvalue weighted by molar-refractivity contribution is 5.80. The van der Waals surface area contributed by atoms with Crippen molar-refractivity contribution in [3.63, 3.8) is 0 Å². The summed E-state index contributed by atoms with van der Waals surface area (Å²) < 4.78 is 16.0. The number of carbonyl (C=O) groups excluding carboxylic acids is 2. The molecule has 34 heavy (non-hydrogen) atoms. The van der Waals surface area contributed by atoms with E-state index >= 15 is 0 Å². The number of amides is 2. The second-order valence-electron chi connectivity index (χ2n) is 8.51. The Hall–Kier alpha value is -3.10. The van der Waals surface area contributed by atoms with Gasteiger partial charge in [0.2, 0.25) is 0 Å². The SMILES string of the molecule is COCCN(C(=O)NCc1ccccc1)C1(C=O)CCN(Cc2cc(OC)cc(OC)c2)CC1. The molecule has 1 fully saturated rings. The van der Waals surface area contributed by atoms with Crippen molar-refractivity contribution in [1.29, 1.82) is 0 Å². The van der Waals surface area contributed by atoms with Crippen LogP contribution in [-0.4, -0.2) is 75.2 Å². The van der Waals surface area contributed by atoms with E-state index in [9.17, 15) is 9.59 Å². The highest BCUT2D eigenvalue weighted by Crippen LogP contribution is 2.30. The van der Waals surface area contributed by atoms with Crippen LogP contribution in [0.15, 0.2) is 48.5 Å². The maximum atomic E-state index is 13.2. The van der Waals surface area contributed by atoms with Crippen molar-refractivity contribution in [2.24, 2.45) is 0 Å². The summed E-state index contributed by atoms with van der Waals surface area (Å²) in [6.45, 7) is 3.20. The number of urea groups is 1. The predicted molar refractivity (Wildman–Crippen MR) is 130 cm³/mol. The van der Waals surface area contributed by atoms with Gasteiger partial charge in [0.1, 0.15) is 23.3 Å². The molecule has 184 valence electrons. The number of rotatable bonds is 11. The molecule has 0 aliphatic carbocycles. The summed E-state index contributed by atoms with van der Waals surface area (Å²) in [5.41, 5.74) is 1.22. The minimum atomic E-state index is -0.859. The number of benzene rings is 2. The number of hydrogen-bond donors (Lipinski definition) is 1. The van der Waals surface area contributed by atoms with E-state index in [1.807, 2.05) is 48.5 Å². The van der Waals surface area contributed by atoms with Crippen molar-refractivity contribution in [3.8, 4) is 11.5 Å². The third-order valence-electron chi connectivity index (χ3n) is 6.35. The molecule has 1 aliphatic rings. The summed E-state index contributed by atoms with van der Waals surface area (Å²) >= 11 is 0. The normalized spacial score (nSPS) is 15.4. The molecular formula is C26H35N3O5. The van der Waals surface area contributed by atoms with E-state index in [1.165, 1.54) is 0 Å². The number of nitrogens with zero attached hydrogens (tertiary/aromatic N) is 2. The van der Waals surface area contributed by atoms with Crippen LogP contribution in [0.4, 0.5) is 4.79 Å². The van der Waals surface area contributed by atoms with Gasteiger partial charge < -0.3 is 29.2 Å². The quantitative estimate of drug-likeness (QED) is 0.510. The number of likely N-dealkylation sites (tertiary alicyclic amines) is 1. The van der Waals surface area contributed by atoms with Gasteiger partial charge in [0.25, 0.3) is 0 Å². The largest absolute Gasteiger partial charge is 0.497 e. The van der Waals surface area contributed by atoms with Gasteiger partial charge in [0, 0.05) is 45.9 Å². The lowest BCUT2D eigenvalue weighted by Gasteiger charge is -2.45. The molecule has 0 spiro atoms. The highest BCUT2D eigenvalue weighted by Gasteiger charge is 2.42. The number of carbonyl (C=O) groups is 2. The molecule has 0 bridgehead atoms. The Morgan fingerprint density at radius 1 is 1.03 bits per heavy atom. The molecule has 1 aliphatic heterocycles. The number of hydrogen-bond acceptors (Lipinski definition) is 6. The summed E-state index contributed by atoms with van der Waals surface area (Å²) in [5.74, 6) is 1.49. The summed E-state index contributed by atoms with van der Waals surface area (Å²) in [6.07, 6.45) is 2.05. The van der Waals surface area contributed by atoms with E-state index in [1.54, 1.807) is 26.2 Å². The Kier molecular flexibility index (Phi) is 9.30. The first-order chi connectivity index (χ1) is 16.5. The standard InChI is InChI=1S/C26H35N3O5/c1-32-14-13-29(25(31)27-18-21-7-5-4-6-8-21)26(20-30)9-11-28(12-10-26)19-22-15-23(33-2)17-24(16-22)34-3/h4-8,15-17,20H,9-14,18-19H2,1-3H3,(H,27,31). The molecule has 0 unspecified atom stereocenters. The number of methoxy groups -OCH3 is 3. The molecule has 1 N–H and O–H groups in total. The third-order valence-corrected chi connectivity index (χ3v) is 6.35. The Labute approximate surface area is 201 Å². The summed E-state index contributed by atoms with van der Waals surface area (Å²) in [7, 11) is 4.86. The lowest BCUT2D eigenvalue weighted by molar-refractivity contribution is -0.120. The van der Waals surface area contributed by atoms with Gasteiger partial charge in [-0.15, -0.1) is 0 Å². The van der Waals surface area contributed by atoms with Crippen molar-refractivity contribution in [1.82, 2.24) is 15.1 Å².